The number of aryl methyl sites for hydroxylation is 1. The Morgan fingerprint density at radius 3 is 2.46 bits per heavy atom. The average Bonchev–Trinajstić information content (AvgIpc) is 2.66. The van der Waals surface area contributed by atoms with Crippen LogP contribution < -0.4 is 5.32 Å². The number of carbonyl (C=O) groups is 1. The molecule has 1 fully saturated rings. The van der Waals surface area contributed by atoms with E-state index in [9.17, 15) is 4.79 Å². The van der Waals surface area contributed by atoms with Crippen molar-refractivity contribution in [2.24, 2.45) is 0 Å². The van der Waals surface area contributed by atoms with Crippen LogP contribution in [0.15, 0.2) is 35.9 Å². The van der Waals surface area contributed by atoms with Gasteiger partial charge in [-0.3, -0.25) is 14.6 Å². The van der Waals surface area contributed by atoms with Crippen LogP contribution in [-0.4, -0.2) is 55.0 Å². The third kappa shape index (κ3) is 6.26. The Balaban J connectivity index is 1.31. The molecule has 1 saturated heterocycles. The summed E-state index contributed by atoms with van der Waals surface area (Å²) in [5.41, 5.74) is 4.21. The second-order valence-corrected chi connectivity index (χ2v) is 7.75. The molecule has 3 rings (SSSR count). The molecule has 1 amide bonds. The lowest BCUT2D eigenvalue weighted by Crippen LogP contribution is -2.49. The minimum Gasteiger partial charge on any atom is -0.355 e. The highest BCUT2D eigenvalue weighted by molar-refractivity contribution is 5.78. The van der Waals surface area contributed by atoms with Crippen LogP contribution in [-0.2, 0) is 11.3 Å². The van der Waals surface area contributed by atoms with Crippen molar-refractivity contribution in [2.45, 2.75) is 45.6 Å². The molecule has 0 atom stereocenters. The van der Waals surface area contributed by atoms with Crippen molar-refractivity contribution in [3.63, 3.8) is 0 Å². The van der Waals surface area contributed by atoms with E-state index in [-0.39, 0.29) is 5.91 Å². The molecular formula is C22H33N3O. The highest BCUT2D eigenvalue weighted by Crippen LogP contribution is 2.19. The summed E-state index contributed by atoms with van der Waals surface area (Å²) in [6, 6.07) is 8.80. The van der Waals surface area contributed by atoms with E-state index in [1.165, 1.54) is 42.4 Å². The molecule has 1 aliphatic heterocycles. The number of nitrogens with zero attached hydrogens (tertiary/aromatic N) is 2. The maximum Gasteiger partial charge on any atom is 0.234 e. The molecule has 142 valence electrons. The molecule has 1 heterocycles. The number of rotatable bonds is 7. The van der Waals surface area contributed by atoms with Crippen molar-refractivity contribution in [3.8, 4) is 0 Å². The van der Waals surface area contributed by atoms with Gasteiger partial charge in [-0.1, -0.05) is 41.5 Å². The van der Waals surface area contributed by atoms with Crippen molar-refractivity contribution in [1.29, 1.82) is 0 Å². The number of amides is 1. The number of nitrogens with one attached hydrogen (secondary N) is 1. The highest BCUT2D eigenvalue weighted by atomic mass is 16.2. The van der Waals surface area contributed by atoms with Gasteiger partial charge in [-0.2, -0.15) is 0 Å². The van der Waals surface area contributed by atoms with E-state index in [0.717, 1.165) is 45.7 Å². The van der Waals surface area contributed by atoms with Crippen LogP contribution in [0.1, 0.15) is 43.2 Å². The van der Waals surface area contributed by atoms with E-state index in [0.29, 0.717) is 6.54 Å². The zero-order chi connectivity index (χ0) is 18.2. The summed E-state index contributed by atoms with van der Waals surface area (Å²) in [6.45, 7) is 8.49. The molecule has 0 bridgehead atoms. The quantitative estimate of drug-likeness (QED) is 0.764. The van der Waals surface area contributed by atoms with Gasteiger partial charge >= 0.3 is 0 Å². The maximum atomic E-state index is 12.2. The lowest BCUT2D eigenvalue weighted by molar-refractivity contribution is -0.122. The molecule has 26 heavy (non-hydrogen) atoms. The van der Waals surface area contributed by atoms with Gasteiger partial charge in [-0.15, -0.1) is 0 Å². The zero-order valence-electron chi connectivity index (χ0n) is 16.2. The smallest absolute Gasteiger partial charge is 0.234 e. The van der Waals surface area contributed by atoms with Crippen LogP contribution in [0.4, 0.5) is 0 Å². The molecule has 0 spiro atoms. The Kier molecular flexibility index (Phi) is 7.27. The fraction of sp³-hybridized carbons (Fsp3) is 0.591. The lowest BCUT2D eigenvalue weighted by Gasteiger charge is -2.34. The summed E-state index contributed by atoms with van der Waals surface area (Å²) < 4.78 is 0. The Morgan fingerprint density at radius 2 is 1.77 bits per heavy atom. The number of allylic oxidation sites excluding steroid dienone is 1. The predicted octanol–water partition coefficient (Wildman–Crippen LogP) is 3.12. The van der Waals surface area contributed by atoms with Crippen molar-refractivity contribution < 1.29 is 4.79 Å². The molecular weight excluding hydrogens is 322 g/mol. The first kappa shape index (κ1) is 19.1. The Labute approximate surface area is 158 Å². The van der Waals surface area contributed by atoms with Gasteiger partial charge in [0.05, 0.1) is 6.54 Å². The number of hydrogen-bond donors (Lipinski definition) is 1. The number of piperazine rings is 1. The molecule has 0 aromatic heterocycles. The second kappa shape index (κ2) is 9.89. The Hall–Kier alpha value is -1.65. The van der Waals surface area contributed by atoms with Crippen LogP contribution in [0.5, 0.6) is 0 Å². The van der Waals surface area contributed by atoms with Gasteiger partial charge in [0, 0.05) is 39.3 Å². The average molecular weight is 356 g/mol. The van der Waals surface area contributed by atoms with Crippen LogP contribution in [0.2, 0.25) is 0 Å². The van der Waals surface area contributed by atoms with E-state index in [2.05, 4.69) is 52.4 Å². The fourth-order valence-electron chi connectivity index (χ4n) is 3.81. The van der Waals surface area contributed by atoms with Crippen molar-refractivity contribution >= 4 is 5.91 Å². The van der Waals surface area contributed by atoms with E-state index in [1.54, 1.807) is 0 Å². The molecule has 0 saturated carbocycles. The van der Waals surface area contributed by atoms with Crippen molar-refractivity contribution in [2.75, 3.05) is 39.3 Å². The first-order chi connectivity index (χ1) is 12.7. The monoisotopic (exact) mass is 355 g/mol. The van der Waals surface area contributed by atoms with E-state index >= 15 is 0 Å². The van der Waals surface area contributed by atoms with E-state index in [4.69, 9.17) is 0 Å². The van der Waals surface area contributed by atoms with Gasteiger partial charge in [0.15, 0.2) is 0 Å². The van der Waals surface area contributed by atoms with Crippen LogP contribution >= 0.6 is 0 Å². The molecule has 1 aliphatic carbocycles. The van der Waals surface area contributed by atoms with Crippen molar-refractivity contribution in [3.05, 3.63) is 47.0 Å². The largest absolute Gasteiger partial charge is 0.355 e. The van der Waals surface area contributed by atoms with Crippen molar-refractivity contribution in [1.82, 2.24) is 15.1 Å². The lowest BCUT2D eigenvalue weighted by atomic mass is 9.97. The summed E-state index contributed by atoms with van der Waals surface area (Å²) in [5, 5.41) is 3.10. The fourth-order valence-corrected chi connectivity index (χ4v) is 3.81. The molecule has 1 aromatic carbocycles. The maximum absolute atomic E-state index is 12.2. The third-order valence-corrected chi connectivity index (χ3v) is 5.51. The molecule has 0 radical (unpaired) electrons. The molecule has 4 heteroatoms. The van der Waals surface area contributed by atoms with Gasteiger partial charge in [0.1, 0.15) is 0 Å². The predicted molar refractivity (Wildman–Crippen MR) is 107 cm³/mol. The summed E-state index contributed by atoms with van der Waals surface area (Å²) >= 11 is 0. The molecule has 4 nitrogen and oxygen atoms in total. The second-order valence-electron chi connectivity index (χ2n) is 7.75. The van der Waals surface area contributed by atoms with Crippen LogP contribution in [0, 0.1) is 6.92 Å². The third-order valence-electron chi connectivity index (χ3n) is 5.51. The minimum atomic E-state index is 0.174. The van der Waals surface area contributed by atoms with Gasteiger partial charge in [-0.25, -0.2) is 0 Å². The number of benzene rings is 1. The summed E-state index contributed by atoms with van der Waals surface area (Å²) in [4.78, 5) is 16.9. The topological polar surface area (TPSA) is 35.6 Å². The van der Waals surface area contributed by atoms with E-state index in [1.807, 2.05) is 0 Å². The molecule has 1 N–H and O–H groups in total. The summed E-state index contributed by atoms with van der Waals surface area (Å²) in [5.74, 6) is 0.174. The zero-order valence-corrected chi connectivity index (χ0v) is 16.2. The SMILES string of the molecule is Cc1ccc(CN2CCN(CC(=O)NCCC3=CCCCC3)CC2)cc1. The number of carbonyl (C=O) groups excluding carboxylic acids is 1. The van der Waals surface area contributed by atoms with Gasteiger partial charge in [0.2, 0.25) is 5.91 Å². The standard InChI is InChI=1S/C22H33N3O/c1-19-7-9-21(10-8-19)17-24-13-15-25(16-14-24)18-22(26)23-12-11-20-5-3-2-4-6-20/h5,7-10H,2-4,6,11-18H2,1H3,(H,23,26). The first-order valence-electron chi connectivity index (χ1n) is 10.1. The van der Waals surface area contributed by atoms with Crippen LogP contribution in [0.25, 0.3) is 0 Å². The Morgan fingerprint density at radius 1 is 1.04 bits per heavy atom. The van der Waals surface area contributed by atoms with Gasteiger partial charge < -0.3 is 5.32 Å². The van der Waals surface area contributed by atoms with Gasteiger partial charge in [-0.05, 0) is 44.6 Å². The first-order valence-corrected chi connectivity index (χ1v) is 10.1. The van der Waals surface area contributed by atoms with Crippen LogP contribution in [0.3, 0.4) is 0 Å². The molecule has 2 aliphatic rings. The number of hydrogen-bond acceptors (Lipinski definition) is 3. The highest BCUT2D eigenvalue weighted by Gasteiger charge is 2.19. The summed E-state index contributed by atoms with van der Waals surface area (Å²) in [7, 11) is 0. The summed E-state index contributed by atoms with van der Waals surface area (Å²) in [6.07, 6.45) is 8.46. The van der Waals surface area contributed by atoms with E-state index < -0.39 is 0 Å². The normalized spacial score (nSPS) is 19.2. The van der Waals surface area contributed by atoms with Gasteiger partial charge in [0.25, 0.3) is 0 Å². The molecule has 0 unspecified atom stereocenters. The molecule has 1 aromatic rings. The minimum absolute atomic E-state index is 0.174. The Bertz CT molecular complexity index is 600.